The molecule has 0 unspecified atom stereocenters. The van der Waals surface area contributed by atoms with Crippen molar-refractivity contribution in [1.29, 1.82) is 0 Å². The lowest BCUT2D eigenvalue weighted by Crippen LogP contribution is -2.43. The van der Waals surface area contributed by atoms with E-state index in [0.717, 1.165) is 0 Å². The molecule has 24 heavy (non-hydrogen) atoms. The van der Waals surface area contributed by atoms with Gasteiger partial charge in [0, 0.05) is 0 Å². The van der Waals surface area contributed by atoms with E-state index in [1.54, 1.807) is 0 Å². The van der Waals surface area contributed by atoms with Crippen LogP contribution < -0.4 is 5.11 Å². The Morgan fingerprint density at radius 3 is 1.50 bits per heavy atom. The van der Waals surface area contributed by atoms with Gasteiger partial charge in [0.15, 0.2) is 0 Å². The Morgan fingerprint density at radius 2 is 1.25 bits per heavy atom. The van der Waals surface area contributed by atoms with Crippen LogP contribution in [0, 0.1) is 30.3 Å². The number of non-ortho nitro benzene ring substituents is 1. The van der Waals surface area contributed by atoms with Crippen molar-refractivity contribution in [3.63, 3.8) is 0 Å². The number of benzene rings is 1. The van der Waals surface area contributed by atoms with Crippen LogP contribution in [0.3, 0.4) is 0 Å². The van der Waals surface area contributed by atoms with Gasteiger partial charge in [0.05, 0.1) is 59.8 Å². The summed E-state index contributed by atoms with van der Waals surface area (Å²) in [5.41, 5.74) is -3.26. The van der Waals surface area contributed by atoms with Crippen molar-refractivity contribution in [3.8, 4) is 5.75 Å². The number of nitrogens with zero attached hydrogens (tertiary/aromatic N) is 4. The van der Waals surface area contributed by atoms with Gasteiger partial charge in [-0.1, -0.05) is 0 Å². The van der Waals surface area contributed by atoms with Crippen LogP contribution in [0.25, 0.3) is 0 Å². The summed E-state index contributed by atoms with van der Waals surface area (Å²) in [4.78, 5) is 27.5. The molecule has 0 aromatic heterocycles. The summed E-state index contributed by atoms with van der Waals surface area (Å²) in [6.45, 7) is 2.78. The first-order valence-corrected chi connectivity index (χ1v) is 7.15. The lowest BCUT2D eigenvalue weighted by Gasteiger charge is -2.33. The molecule has 1 fully saturated rings. The standard InChI is InChI=1S/C7H16N.C6H3N3O7/c1-8(2)6-4-3-5-7-8;10-6-4(8(13)14)1-3(7(11)12)2-5(6)9(15)16/h3-7H2,1-2H3;1-2,10H/q+1;/p-1. The molecule has 1 saturated heterocycles. The highest BCUT2D eigenvalue weighted by atomic mass is 16.6. The lowest BCUT2D eigenvalue weighted by atomic mass is 10.1. The Morgan fingerprint density at radius 1 is 0.833 bits per heavy atom. The molecule has 0 radical (unpaired) electrons. The van der Waals surface area contributed by atoms with Gasteiger partial charge in [-0.3, -0.25) is 30.3 Å². The fourth-order valence-corrected chi connectivity index (χ4v) is 2.33. The van der Waals surface area contributed by atoms with E-state index < -0.39 is 37.6 Å². The number of likely N-dealkylation sites (tertiary alicyclic amines) is 1. The Kier molecular flexibility index (Phi) is 6.12. The Bertz CT molecular complexity index is 617. The third kappa shape index (κ3) is 5.12. The SMILES string of the molecule is C[N+]1(C)CCCCC1.O=[N+]([O-])c1cc([N+](=O)[O-])c([O-])c([N+](=O)[O-])c1. The monoisotopic (exact) mass is 342 g/mol. The summed E-state index contributed by atoms with van der Waals surface area (Å²) in [5, 5.41) is 42.1. The zero-order valence-corrected chi connectivity index (χ0v) is 13.3. The highest BCUT2D eigenvalue weighted by Gasteiger charge is 2.24. The second kappa shape index (κ2) is 7.64. The molecule has 0 bridgehead atoms. The van der Waals surface area contributed by atoms with Crippen molar-refractivity contribution in [2.45, 2.75) is 19.3 Å². The summed E-state index contributed by atoms with van der Waals surface area (Å²) in [7, 11) is 4.64. The molecule has 0 amide bonds. The van der Waals surface area contributed by atoms with Gasteiger partial charge in [-0.05, 0) is 19.3 Å². The van der Waals surface area contributed by atoms with Gasteiger partial charge in [-0.25, -0.2) is 0 Å². The van der Waals surface area contributed by atoms with Crippen molar-refractivity contribution in [1.82, 2.24) is 0 Å². The Hall–Kier alpha value is -2.82. The number of rotatable bonds is 3. The fraction of sp³-hybridized carbons (Fsp3) is 0.538. The van der Waals surface area contributed by atoms with Crippen molar-refractivity contribution >= 4 is 17.1 Å². The van der Waals surface area contributed by atoms with Crippen LogP contribution in [-0.2, 0) is 0 Å². The van der Waals surface area contributed by atoms with E-state index in [1.807, 2.05) is 0 Å². The highest BCUT2D eigenvalue weighted by Crippen LogP contribution is 2.36. The summed E-state index contributed by atoms with van der Waals surface area (Å²) in [5.74, 6) is -1.46. The van der Waals surface area contributed by atoms with Crippen molar-refractivity contribution in [3.05, 3.63) is 42.5 Å². The minimum atomic E-state index is -1.46. The molecule has 1 aromatic rings. The quantitative estimate of drug-likeness (QED) is 0.460. The molecule has 0 saturated carbocycles. The van der Waals surface area contributed by atoms with E-state index in [1.165, 1.54) is 36.8 Å². The zero-order valence-electron chi connectivity index (χ0n) is 13.3. The summed E-state index contributed by atoms with van der Waals surface area (Å²) in [6, 6.07) is 0.769. The largest absolute Gasteiger partial charge is 0.863 e. The second-order valence-electron chi connectivity index (χ2n) is 6.03. The molecule has 1 aromatic carbocycles. The molecule has 2 rings (SSSR count). The maximum Gasteiger partial charge on any atom is 0.283 e. The van der Waals surface area contributed by atoms with E-state index in [0.29, 0.717) is 12.1 Å². The molecule has 11 heteroatoms. The number of nitro groups is 3. The van der Waals surface area contributed by atoms with Crippen molar-refractivity contribution < 1.29 is 24.4 Å². The highest BCUT2D eigenvalue weighted by molar-refractivity contribution is 5.63. The van der Waals surface area contributed by atoms with E-state index >= 15 is 0 Å². The van der Waals surface area contributed by atoms with Gasteiger partial charge >= 0.3 is 0 Å². The third-order valence-electron chi connectivity index (χ3n) is 3.67. The minimum Gasteiger partial charge on any atom is -0.863 e. The van der Waals surface area contributed by atoms with Crippen LogP contribution in [0.1, 0.15) is 19.3 Å². The molecule has 132 valence electrons. The first kappa shape index (κ1) is 19.2. The van der Waals surface area contributed by atoms with Gasteiger partial charge in [-0.2, -0.15) is 0 Å². The van der Waals surface area contributed by atoms with Crippen LogP contribution in [-0.4, -0.2) is 46.4 Å². The topological polar surface area (TPSA) is 152 Å². The first-order chi connectivity index (χ1) is 11.0. The summed E-state index contributed by atoms with van der Waals surface area (Å²) in [6.07, 6.45) is 4.34. The fourth-order valence-electron chi connectivity index (χ4n) is 2.33. The summed E-state index contributed by atoms with van der Waals surface area (Å²) >= 11 is 0. The molecular weight excluding hydrogens is 324 g/mol. The average Bonchev–Trinajstić information content (AvgIpc) is 2.46. The van der Waals surface area contributed by atoms with Gasteiger partial charge in [-0.15, -0.1) is 0 Å². The van der Waals surface area contributed by atoms with Gasteiger partial charge < -0.3 is 9.59 Å². The molecule has 0 N–H and O–H groups in total. The molecule has 1 aliphatic heterocycles. The zero-order chi connectivity index (χ0) is 18.5. The molecule has 11 nitrogen and oxygen atoms in total. The third-order valence-corrected chi connectivity index (χ3v) is 3.67. The van der Waals surface area contributed by atoms with Crippen molar-refractivity contribution in [2.24, 2.45) is 0 Å². The molecule has 1 aliphatic rings. The van der Waals surface area contributed by atoms with Crippen LogP contribution in [0.4, 0.5) is 17.1 Å². The van der Waals surface area contributed by atoms with Gasteiger partial charge in [0.1, 0.15) is 0 Å². The number of hydrogen-bond donors (Lipinski definition) is 0. The van der Waals surface area contributed by atoms with Crippen LogP contribution >= 0.6 is 0 Å². The second-order valence-corrected chi connectivity index (χ2v) is 6.03. The van der Waals surface area contributed by atoms with E-state index in [9.17, 15) is 35.4 Å². The molecular formula is C13H18N4O7. The maximum atomic E-state index is 11.1. The maximum absolute atomic E-state index is 11.1. The first-order valence-electron chi connectivity index (χ1n) is 7.15. The molecule has 0 aliphatic carbocycles. The predicted octanol–water partition coefficient (Wildman–Crippen LogP) is 1.73. The molecule has 0 atom stereocenters. The van der Waals surface area contributed by atoms with Crippen LogP contribution in [0.2, 0.25) is 0 Å². The van der Waals surface area contributed by atoms with E-state index in [4.69, 9.17) is 0 Å². The number of quaternary nitrogens is 1. The van der Waals surface area contributed by atoms with E-state index in [-0.39, 0.29) is 0 Å². The number of nitro benzene ring substituents is 3. The van der Waals surface area contributed by atoms with Crippen molar-refractivity contribution in [2.75, 3.05) is 27.2 Å². The summed E-state index contributed by atoms with van der Waals surface area (Å²) < 4.78 is 1.25. The minimum absolute atomic E-state index is 0.384. The van der Waals surface area contributed by atoms with Gasteiger partial charge in [0.2, 0.25) is 0 Å². The smallest absolute Gasteiger partial charge is 0.283 e. The van der Waals surface area contributed by atoms with Gasteiger partial charge in [0.25, 0.3) is 17.1 Å². The van der Waals surface area contributed by atoms with E-state index in [2.05, 4.69) is 14.1 Å². The number of piperidine rings is 1. The Labute approximate surface area is 137 Å². The Balaban J connectivity index is 0.000000300. The lowest BCUT2D eigenvalue weighted by molar-refractivity contribution is -0.894. The molecule has 1 heterocycles. The predicted molar refractivity (Wildman–Crippen MR) is 81.5 cm³/mol. The van der Waals surface area contributed by atoms with Crippen LogP contribution in [0.5, 0.6) is 5.75 Å². The normalized spacial score (nSPS) is 15.8. The van der Waals surface area contributed by atoms with Crippen LogP contribution in [0.15, 0.2) is 12.1 Å². The average molecular weight is 342 g/mol. The number of hydrogen-bond acceptors (Lipinski definition) is 7. The molecule has 0 spiro atoms.